The van der Waals surface area contributed by atoms with Gasteiger partial charge in [-0.3, -0.25) is 0 Å². The maximum Gasteiger partial charge on any atom is 0.344 e. The van der Waals surface area contributed by atoms with Crippen LogP contribution in [-0.2, 0) is 16.1 Å². The smallest absolute Gasteiger partial charge is 0.344 e. The van der Waals surface area contributed by atoms with Crippen LogP contribution in [0.4, 0.5) is 4.39 Å². The maximum absolute atomic E-state index is 12.9. The van der Waals surface area contributed by atoms with Gasteiger partial charge in [-0.25, -0.2) is 9.18 Å². The van der Waals surface area contributed by atoms with E-state index in [1.807, 2.05) is 6.92 Å². The fraction of sp³-hybridized carbons (Fsp3) is 0.462. The van der Waals surface area contributed by atoms with Crippen molar-refractivity contribution in [1.29, 1.82) is 0 Å². The molecule has 2 N–H and O–H groups in total. The highest BCUT2D eigenvalue weighted by Crippen LogP contribution is 2.19. The first-order valence-corrected chi connectivity index (χ1v) is 5.94. The summed E-state index contributed by atoms with van der Waals surface area (Å²) in [7, 11) is 0. The van der Waals surface area contributed by atoms with Gasteiger partial charge < -0.3 is 15.2 Å². The number of carbonyl (C=O) groups is 1. The van der Waals surface area contributed by atoms with E-state index < -0.39 is 5.97 Å². The van der Waals surface area contributed by atoms with Crippen LogP contribution in [0.3, 0.4) is 0 Å². The molecular formula is C13H18FNO3. The summed E-state index contributed by atoms with van der Waals surface area (Å²) in [4.78, 5) is 11.3. The van der Waals surface area contributed by atoms with Gasteiger partial charge in [-0.1, -0.05) is 13.3 Å². The minimum absolute atomic E-state index is 0.151. The van der Waals surface area contributed by atoms with Crippen molar-refractivity contribution in [3.05, 3.63) is 29.6 Å². The third kappa shape index (κ3) is 4.71. The van der Waals surface area contributed by atoms with Crippen molar-refractivity contribution in [1.82, 2.24) is 0 Å². The van der Waals surface area contributed by atoms with Gasteiger partial charge in [0.15, 0.2) is 6.61 Å². The van der Waals surface area contributed by atoms with E-state index in [4.69, 9.17) is 15.2 Å². The Kier molecular flexibility index (Phi) is 6.14. The molecule has 1 rings (SSSR count). The Hall–Kier alpha value is -1.62. The Balaban J connectivity index is 2.45. The highest BCUT2D eigenvalue weighted by Gasteiger charge is 2.08. The SMILES string of the molecule is CCCCOC(=O)COc1ccc(F)cc1CN. The Morgan fingerprint density at radius 3 is 2.89 bits per heavy atom. The topological polar surface area (TPSA) is 61.5 Å². The van der Waals surface area contributed by atoms with Crippen LogP contribution in [0.1, 0.15) is 25.3 Å². The second-order valence-electron chi connectivity index (χ2n) is 3.82. The van der Waals surface area contributed by atoms with Gasteiger partial charge in [0.1, 0.15) is 11.6 Å². The molecule has 0 bridgehead atoms. The molecule has 1 aromatic rings. The highest BCUT2D eigenvalue weighted by molar-refractivity contribution is 5.71. The molecule has 4 nitrogen and oxygen atoms in total. The zero-order valence-corrected chi connectivity index (χ0v) is 10.4. The van der Waals surface area contributed by atoms with Crippen molar-refractivity contribution in [2.24, 2.45) is 5.73 Å². The predicted octanol–water partition coefficient (Wildman–Crippen LogP) is 2.01. The number of nitrogens with two attached hydrogens (primary N) is 1. The molecule has 100 valence electrons. The number of carbonyl (C=O) groups excluding carboxylic acids is 1. The third-order valence-electron chi connectivity index (χ3n) is 2.35. The van der Waals surface area contributed by atoms with Gasteiger partial charge in [-0.2, -0.15) is 0 Å². The summed E-state index contributed by atoms with van der Waals surface area (Å²) < 4.78 is 23.1. The first-order chi connectivity index (χ1) is 8.67. The summed E-state index contributed by atoms with van der Waals surface area (Å²) >= 11 is 0. The van der Waals surface area contributed by atoms with Crippen molar-refractivity contribution < 1.29 is 18.7 Å². The van der Waals surface area contributed by atoms with Gasteiger partial charge in [-0.05, 0) is 24.6 Å². The van der Waals surface area contributed by atoms with E-state index in [0.717, 1.165) is 12.8 Å². The second-order valence-corrected chi connectivity index (χ2v) is 3.82. The summed E-state index contributed by atoms with van der Waals surface area (Å²) in [5.74, 6) is -0.407. The monoisotopic (exact) mass is 255 g/mol. The molecule has 0 spiro atoms. The van der Waals surface area contributed by atoms with Crippen LogP contribution in [0.2, 0.25) is 0 Å². The van der Waals surface area contributed by atoms with Crippen LogP contribution in [0.25, 0.3) is 0 Å². The third-order valence-corrected chi connectivity index (χ3v) is 2.35. The fourth-order valence-electron chi connectivity index (χ4n) is 1.36. The normalized spacial score (nSPS) is 10.2. The quantitative estimate of drug-likeness (QED) is 0.598. The molecule has 0 unspecified atom stereocenters. The number of rotatable bonds is 7. The van der Waals surface area contributed by atoms with Gasteiger partial charge in [-0.15, -0.1) is 0 Å². The molecule has 0 aliphatic heterocycles. The molecule has 0 radical (unpaired) electrons. The van der Waals surface area contributed by atoms with Crippen molar-refractivity contribution in [3.8, 4) is 5.75 Å². The molecule has 0 heterocycles. The molecule has 1 aromatic carbocycles. The molecular weight excluding hydrogens is 237 g/mol. The maximum atomic E-state index is 12.9. The summed E-state index contributed by atoms with van der Waals surface area (Å²) in [6, 6.07) is 4.01. The van der Waals surface area contributed by atoms with Crippen molar-refractivity contribution >= 4 is 5.97 Å². The van der Waals surface area contributed by atoms with E-state index in [-0.39, 0.29) is 19.0 Å². The zero-order valence-electron chi connectivity index (χ0n) is 10.4. The van der Waals surface area contributed by atoms with Gasteiger partial charge >= 0.3 is 5.97 Å². The van der Waals surface area contributed by atoms with Gasteiger partial charge in [0.05, 0.1) is 6.61 Å². The van der Waals surface area contributed by atoms with Gasteiger partial charge in [0, 0.05) is 12.1 Å². The standard InChI is InChI=1S/C13H18FNO3/c1-2-3-6-17-13(16)9-18-12-5-4-11(14)7-10(12)8-15/h4-5,7H,2-3,6,8-9,15H2,1H3. The second kappa shape index (κ2) is 7.66. The molecule has 0 aliphatic rings. The molecule has 18 heavy (non-hydrogen) atoms. The predicted molar refractivity (Wildman–Crippen MR) is 65.7 cm³/mol. The van der Waals surface area contributed by atoms with E-state index >= 15 is 0 Å². The average molecular weight is 255 g/mol. The summed E-state index contributed by atoms with van der Waals surface area (Å²) in [5.41, 5.74) is 5.99. The molecule has 5 heteroatoms. The molecule has 0 aliphatic carbocycles. The van der Waals surface area contributed by atoms with Crippen LogP contribution in [0.5, 0.6) is 5.75 Å². The first-order valence-electron chi connectivity index (χ1n) is 5.94. The van der Waals surface area contributed by atoms with Crippen molar-refractivity contribution in [3.63, 3.8) is 0 Å². The lowest BCUT2D eigenvalue weighted by atomic mass is 10.2. The average Bonchev–Trinajstić information content (AvgIpc) is 2.37. The molecule has 0 aromatic heterocycles. The van der Waals surface area contributed by atoms with Crippen LogP contribution in [0.15, 0.2) is 18.2 Å². The van der Waals surface area contributed by atoms with Crippen LogP contribution < -0.4 is 10.5 Å². The number of hydrogen-bond acceptors (Lipinski definition) is 4. The van der Waals surface area contributed by atoms with Crippen LogP contribution >= 0.6 is 0 Å². The van der Waals surface area contributed by atoms with E-state index in [0.29, 0.717) is 17.9 Å². The Labute approximate surface area is 106 Å². The van der Waals surface area contributed by atoms with E-state index in [2.05, 4.69) is 0 Å². The minimum atomic E-state index is -0.434. The molecule has 0 atom stereocenters. The van der Waals surface area contributed by atoms with Crippen LogP contribution in [0, 0.1) is 5.82 Å². The number of hydrogen-bond donors (Lipinski definition) is 1. The number of halogens is 1. The lowest BCUT2D eigenvalue weighted by Crippen LogP contribution is -2.16. The fourth-order valence-corrected chi connectivity index (χ4v) is 1.36. The molecule has 0 saturated heterocycles. The number of unbranched alkanes of at least 4 members (excludes halogenated alkanes) is 1. The van der Waals surface area contributed by atoms with Gasteiger partial charge in [0.25, 0.3) is 0 Å². The molecule has 0 amide bonds. The van der Waals surface area contributed by atoms with Crippen molar-refractivity contribution in [2.45, 2.75) is 26.3 Å². The Bertz CT molecular complexity index is 396. The lowest BCUT2D eigenvalue weighted by Gasteiger charge is -2.10. The molecule has 0 fully saturated rings. The summed E-state index contributed by atoms with van der Waals surface area (Å²) in [6.07, 6.45) is 1.79. The van der Waals surface area contributed by atoms with E-state index in [1.54, 1.807) is 0 Å². The zero-order chi connectivity index (χ0) is 13.4. The summed E-state index contributed by atoms with van der Waals surface area (Å²) in [6.45, 7) is 2.36. The lowest BCUT2D eigenvalue weighted by molar-refractivity contribution is -0.146. The number of esters is 1. The number of benzene rings is 1. The van der Waals surface area contributed by atoms with Crippen LogP contribution in [-0.4, -0.2) is 19.2 Å². The molecule has 0 saturated carbocycles. The van der Waals surface area contributed by atoms with Crippen molar-refractivity contribution in [2.75, 3.05) is 13.2 Å². The van der Waals surface area contributed by atoms with E-state index in [9.17, 15) is 9.18 Å². The summed E-state index contributed by atoms with van der Waals surface area (Å²) in [5, 5.41) is 0. The van der Waals surface area contributed by atoms with Gasteiger partial charge in [0.2, 0.25) is 0 Å². The first kappa shape index (κ1) is 14.4. The Morgan fingerprint density at radius 1 is 1.44 bits per heavy atom. The highest BCUT2D eigenvalue weighted by atomic mass is 19.1. The minimum Gasteiger partial charge on any atom is -0.482 e. The largest absolute Gasteiger partial charge is 0.482 e. The Morgan fingerprint density at radius 2 is 2.22 bits per heavy atom. The number of ether oxygens (including phenoxy) is 2. The van der Waals surface area contributed by atoms with E-state index in [1.165, 1.54) is 18.2 Å².